The van der Waals surface area contributed by atoms with E-state index >= 15 is 0 Å². The van der Waals surface area contributed by atoms with Crippen molar-refractivity contribution in [3.8, 4) is 28.2 Å². The van der Waals surface area contributed by atoms with Crippen LogP contribution in [0.2, 0.25) is 0 Å². The van der Waals surface area contributed by atoms with Crippen LogP contribution in [0.1, 0.15) is 70.0 Å². The van der Waals surface area contributed by atoms with Crippen molar-refractivity contribution in [3.63, 3.8) is 0 Å². The third-order valence-electron chi connectivity index (χ3n) is 7.37. The van der Waals surface area contributed by atoms with Gasteiger partial charge in [-0.25, -0.2) is 4.79 Å². The molecule has 0 saturated carbocycles. The maximum atomic E-state index is 14.0. The molecular weight excluding hydrogens is 498 g/mol. The predicted octanol–water partition coefficient (Wildman–Crippen LogP) is 6.13. The molecule has 0 aliphatic rings. The molecule has 0 saturated heterocycles. The van der Waals surface area contributed by atoms with Gasteiger partial charge in [0.2, 0.25) is 5.82 Å². The molecule has 3 aromatic heterocycles. The molecule has 0 radical (unpaired) electrons. The Kier molecular flexibility index (Phi) is 7.78. The molecule has 0 amide bonds. The molecule has 40 heavy (non-hydrogen) atoms. The fourth-order valence-corrected chi connectivity index (χ4v) is 5.22. The van der Waals surface area contributed by atoms with Gasteiger partial charge in [-0.05, 0) is 52.6 Å². The Balaban J connectivity index is 1.54. The van der Waals surface area contributed by atoms with Crippen molar-refractivity contribution in [3.05, 3.63) is 100.0 Å². The quantitative estimate of drug-likeness (QED) is 0.245. The van der Waals surface area contributed by atoms with Gasteiger partial charge in [-0.15, -0.1) is 10.2 Å². The minimum atomic E-state index is -0.0964. The highest BCUT2D eigenvalue weighted by Crippen LogP contribution is 2.32. The number of unbranched alkanes of at least 4 members (excludes halogenated alkanes) is 1. The first-order valence-electron chi connectivity index (χ1n) is 14.0. The van der Waals surface area contributed by atoms with Crippen LogP contribution in [0, 0.1) is 0 Å². The van der Waals surface area contributed by atoms with Crippen LogP contribution in [0.15, 0.2) is 71.8 Å². The third-order valence-corrected chi connectivity index (χ3v) is 7.37. The lowest BCUT2D eigenvalue weighted by Crippen LogP contribution is -2.27. The van der Waals surface area contributed by atoms with Crippen molar-refractivity contribution < 1.29 is 0 Å². The number of nitrogens with zero attached hydrogens (tertiary/aromatic N) is 6. The average molecular weight is 536 g/mol. The number of nitrogens with one attached hydrogen (secondary N) is 1. The number of aromatic nitrogens is 7. The van der Waals surface area contributed by atoms with Crippen molar-refractivity contribution in [2.45, 2.75) is 72.3 Å². The van der Waals surface area contributed by atoms with E-state index in [0.29, 0.717) is 12.4 Å². The number of aromatic amines is 1. The van der Waals surface area contributed by atoms with E-state index in [1.807, 2.05) is 51.7 Å². The van der Waals surface area contributed by atoms with Crippen LogP contribution in [0.3, 0.4) is 0 Å². The maximum Gasteiger partial charge on any atom is 0.333 e. The number of H-pyrrole nitrogens is 1. The molecule has 5 rings (SSSR count). The summed E-state index contributed by atoms with van der Waals surface area (Å²) in [7, 11) is 0. The molecule has 0 unspecified atom stereocenters. The summed E-state index contributed by atoms with van der Waals surface area (Å²) < 4.78 is 3.77. The minimum Gasteiger partial charge on any atom is -0.290 e. The summed E-state index contributed by atoms with van der Waals surface area (Å²) in [6, 6.07) is 18.3. The lowest BCUT2D eigenvalue weighted by molar-refractivity contribution is 0.583. The number of tetrazole rings is 1. The molecule has 0 bridgehead atoms. The maximum absolute atomic E-state index is 14.0. The second-order valence-corrected chi connectivity index (χ2v) is 11.2. The molecule has 0 spiro atoms. The van der Waals surface area contributed by atoms with Gasteiger partial charge >= 0.3 is 5.69 Å². The Hall–Kier alpha value is -4.33. The molecule has 8 nitrogen and oxygen atoms in total. The fraction of sp³-hybridized carbons (Fsp3) is 0.344. The van der Waals surface area contributed by atoms with E-state index in [4.69, 9.17) is 4.98 Å². The van der Waals surface area contributed by atoms with Crippen LogP contribution in [0.5, 0.6) is 0 Å². The third kappa shape index (κ3) is 5.39. The summed E-state index contributed by atoms with van der Waals surface area (Å²) in [5, 5.41) is 14.5. The smallest absolute Gasteiger partial charge is 0.290 e. The topological polar surface area (TPSA) is 94.3 Å². The van der Waals surface area contributed by atoms with E-state index in [2.05, 4.69) is 79.6 Å². The first kappa shape index (κ1) is 27.2. The molecule has 0 atom stereocenters. The summed E-state index contributed by atoms with van der Waals surface area (Å²) in [4.78, 5) is 18.8. The number of para-hydroxylation sites is 1. The van der Waals surface area contributed by atoms with Crippen LogP contribution in [0.4, 0.5) is 0 Å². The van der Waals surface area contributed by atoms with Gasteiger partial charge in [-0.1, -0.05) is 89.6 Å². The fourth-order valence-electron chi connectivity index (χ4n) is 5.22. The molecule has 0 aliphatic heterocycles. The molecule has 8 heteroatoms. The van der Waals surface area contributed by atoms with Gasteiger partial charge in [-0.3, -0.25) is 14.1 Å². The number of imidazole rings is 1. The van der Waals surface area contributed by atoms with Gasteiger partial charge in [0, 0.05) is 29.2 Å². The van der Waals surface area contributed by atoms with Gasteiger partial charge in [0.15, 0.2) is 0 Å². The van der Waals surface area contributed by atoms with Crippen LogP contribution < -0.4 is 5.69 Å². The normalized spacial score (nSPS) is 11.7. The largest absolute Gasteiger partial charge is 0.333 e. The van der Waals surface area contributed by atoms with Crippen LogP contribution in [0.25, 0.3) is 28.2 Å². The summed E-state index contributed by atoms with van der Waals surface area (Å²) in [6.07, 6.45) is 7.68. The minimum absolute atomic E-state index is 0.0224. The number of hydrogen-bond acceptors (Lipinski definition) is 5. The Morgan fingerprint density at radius 1 is 0.950 bits per heavy atom. The van der Waals surface area contributed by atoms with Gasteiger partial charge in [-0.2, -0.15) is 5.21 Å². The van der Waals surface area contributed by atoms with Crippen LogP contribution in [-0.4, -0.2) is 34.7 Å². The second-order valence-electron chi connectivity index (χ2n) is 11.2. The van der Waals surface area contributed by atoms with E-state index in [0.717, 1.165) is 59.4 Å². The zero-order valence-electron chi connectivity index (χ0n) is 24.0. The number of pyridine rings is 1. The van der Waals surface area contributed by atoms with E-state index in [9.17, 15) is 4.79 Å². The molecule has 206 valence electrons. The summed E-state index contributed by atoms with van der Waals surface area (Å²) in [5.74, 6) is 0.537. The number of rotatable bonds is 9. The van der Waals surface area contributed by atoms with E-state index in [1.54, 1.807) is 0 Å². The first-order valence-corrected chi connectivity index (χ1v) is 14.0. The van der Waals surface area contributed by atoms with E-state index in [1.165, 1.54) is 11.1 Å². The monoisotopic (exact) mass is 535 g/mol. The summed E-state index contributed by atoms with van der Waals surface area (Å²) in [5.41, 5.74) is 7.92. The van der Waals surface area contributed by atoms with Crippen molar-refractivity contribution >= 4 is 0 Å². The molecule has 2 aromatic carbocycles. The highest BCUT2D eigenvalue weighted by Gasteiger charge is 2.24. The van der Waals surface area contributed by atoms with Crippen LogP contribution >= 0.6 is 0 Å². The van der Waals surface area contributed by atoms with Crippen molar-refractivity contribution in [1.82, 2.24) is 34.7 Å². The molecule has 0 fully saturated rings. The number of benzene rings is 2. The van der Waals surface area contributed by atoms with Crippen molar-refractivity contribution in [2.24, 2.45) is 0 Å². The standard InChI is InChI=1S/C32H37N7O/c1-6-8-13-25-21-39(29-22(7-2)12-11-16-28(29)32(3,4)5)31(40)38(25)20-24-18-17-23(19-33-24)26-14-9-10-15-27(26)30-34-36-37-35-30/h9-12,14-19,21H,6-8,13,20H2,1-5H3,(H,34,35,36,37). The number of aryl methyl sites for hydroxylation is 2. The summed E-state index contributed by atoms with van der Waals surface area (Å²) >= 11 is 0. The highest BCUT2D eigenvalue weighted by molar-refractivity contribution is 5.79. The zero-order chi connectivity index (χ0) is 28.3. The SMILES string of the molecule is CCCCc1cn(-c2c(CC)cccc2C(C)(C)C)c(=O)n1Cc1ccc(-c2ccccc2-c2nn[nH]n2)cn1. The number of hydrogen-bond donors (Lipinski definition) is 1. The Labute approximate surface area is 235 Å². The van der Waals surface area contributed by atoms with Crippen LogP contribution in [-0.2, 0) is 24.8 Å². The Morgan fingerprint density at radius 2 is 1.75 bits per heavy atom. The zero-order valence-corrected chi connectivity index (χ0v) is 24.0. The molecule has 3 heterocycles. The van der Waals surface area contributed by atoms with Gasteiger partial charge in [0.25, 0.3) is 0 Å². The first-order chi connectivity index (χ1) is 19.3. The molecule has 1 N–H and O–H groups in total. The predicted molar refractivity (Wildman–Crippen MR) is 159 cm³/mol. The average Bonchev–Trinajstić information content (AvgIpc) is 3.60. The Morgan fingerprint density at radius 3 is 2.40 bits per heavy atom. The van der Waals surface area contributed by atoms with Crippen molar-refractivity contribution in [2.75, 3.05) is 0 Å². The molecule has 5 aromatic rings. The second kappa shape index (κ2) is 11.4. The van der Waals surface area contributed by atoms with Gasteiger partial charge in [0.1, 0.15) is 0 Å². The van der Waals surface area contributed by atoms with Crippen molar-refractivity contribution in [1.29, 1.82) is 0 Å². The van der Waals surface area contributed by atoms with Gasteiger partial charge in [0.05, 0.1) is 17.9 Å². The lowest BCUT2D eigenvalue weighted by atomic mass is 9.84. The Bertz CT molecular complexity index is 1640. The molecule has 0 aliphatic carbocycles. The van der Waals surface area contributed by atoms with Gasteiger partial charge < -0.3 is 0 Å². The lowest BCUT2D eigenvalue weighted by Gasteiger charge is -2.25. The summed E-state index contributed by atoms with van der Waals surface area (Å²) in [6.45, 7) is 11.3. The molecular formula is C32H37N7O. The van der Waals surface area contributed by atoms with E-state index in [-0.39, 0.29) is 11.1 Å². The highest BCUT2D eigenvalue weighted by atomic mass is 16.1. The van der Waals surface area contributed by atoms with E-state index < -0.39 is 0 Å².